The lowest BCUT2D eigenvalue weighted by atomic mass is 10.0. The van der Waals surface area contributed by atoms with Gasteiger partial charge in [0.2, 0.25) is 6.79 Å². The van der Waals surface area contributed by atoms with E-state index in [1.54, 1.807) is 31.5 Å². The SMILES string of the molecule is COC[C@H](C)N1CCC(n2nccc2NC(=O)c2ccc3c(c2)OCO3)CC1. The molecular weight excluding hydrogens is 360 g/mol. The van der Waals surface area contributed by atoms with Crippen molar-refractivity contribution in [3.8, 4) is 11.5 Å². The maximum atomic E-state index is 12.7. The second kappa shape index (κ2) is 8.20. The number of likely N-dealkylation sites (tertiary alicyclic amines) is 1. The van der Waals surface area contributed by atoms with Gasteiger partial charge in [0.1, 0.15) is 5.82 Å². The highest BCUT2D eigenvalue weighted by Gasteiger charge is 2.26. The number of amides is 1. The quantitative estimate of drug-likeness (QED) is 0.822. The highest BCUT2D eigenvalue weighted by Crippen LogP contribution is 2.33. The maximum Gasteiger partial charge on any atom is 0.256 e. The van der Waals surface area contributed by atoms with Crippen LogP contribution in [0.25, 0.3) is 0 Å². The van der Waals surface area contributed by atoms with E-state index in [0.29, 0.717) is 28.9 Å². The first-order valence-electron chi connectivity index (χ1n) is 9.63. The van der Waals surface area contributed by atoms with E-state index in [9.17, 15) is 4.79 Å². The van der Waals surface area contributed by atoms with Gasteiger partial charge >= 0.3 is 0 Å². The number of piperidine rings is 1. The van der Waals surface area contributed by atoms with Crippen molar-refractivity contribution < 1.29 is 19.0 Å². The van der Waals surface area contributed by atoms with Gasteiger partial charge in [-0.2, -0.15) is 5.10 Å². The molecule has 0 saturated carbocycles. The predicted molar refractivity (Wildman–Crippen MR) is 104 cm³/mol. The maximum absolute atomic E-state index is 12.7. The lowest BCUT2D eigenvalue weighted by Crippen LogP contribution is -2.42. The molecule has 8 nitrogen and oxygen atoms in total. The van der Waals surface area contributed by atoms with Gasteiger partial charge in [0.15, 0.2) is 11.5 Å². The van der Waals surface area contributed by atoms with Crippen molar-refractivity contribution in [1.29, 1.82) is 0 Å². The van der Waals surface area contributed by atoms with Crippen LogP contribution in [-0.2, 0) is 4.74 Å². The standard InChI is InChI=1S/C20H26N4O4/c1-14(12-26-2)23-9-6-16(7-10-23)24-19(5-8-21-24)22-20(25)15-3-4-17-18(11-15)28-13-27-17/h3-5,8,11,14,16H,6-7,9-10,12-13H2,1-2H3,(H,22,25)/t14-/m0/s1. The number of hydrogen-bond acceptors (Lipinski definition) is 6. The molecule has 1 aromatic carbocycles. The van der Waals surface area contributed by atoms with Crippen molar-refractivity contribution in [3.63, 3.8) is 0 Å². The Balaban J connectivity index is 1.40. The van der Waals surface area contributed by atoms with Crippen molar-refractivity contribution in [2.24, 2.45) is 0 Å². The molecule has 2 aliphatic rings. The molecule has 0 radical (unpaired) electrons. The monoisotopic (exact) mass is 386 g/mol. The number of benzene rings is 1. The fourth-order valence-corrected chi connectivity index (χ4v) is 3.85. The number of rotatable bonds is 6. The number of methoxy groups -OCH3 is 1. The first-order valence-corrected chi connectivity index (χ1v) is 9.63. The number of nitrogens with zero attached hydrogens (tertiary/aromatic N) is 3. The van der Waals surface area contributed by atoms with Crippen molar-refractivity contribution in [2.45, 2.75) is 31.8 Å². The van der Waals surface area contributed by atoms with Crippen molar-refractivity contribution >= 4 is 11.7 Å². The molecule has 2 aliphatic heterocycles. The Hall–Kier alpha value is -2.58. The largest absolute Gasteiger partial charge is 0.454 e. The van der Waals surface area contributed by atoms with Gasteiger partial charge in [-0.05, 0) is 38.0 Å². The normalized spacial score (nSPS) is 18.2. The van der Waals surface area contributed by atoms with E-state index in [-0.39, 0.29) is 18.7 Å². The summed E-state index contributed by atoms with van der Waals surface area (Å²) in [7, 11) is 1.74. The Morgan fingerprint density at radius 3 is 2.86 bits per heavy atom. The van der Waals surface area contributed by atoms with E-state index >= 15 is 0 Å². The third-order valence-electron chi connectivity index (χ3n) is 5.42. The lowest BCUT2D eigenvalue weighted by molar-refractivity contribution is 0.0736. The van der Waals surface area contributed by atoms with Crippen LogP contribution in [0.2, 0.25) is 0 Å². The van der Waals surface area contributed by atoms with E-state index in [4.69, 9.17) is 14.2 Å². The highest BCUT2D eigenvalue weighted by molar-refractivity contribution is 6.04. The van der Waals surface area contributed by atoms with Gasteiger partial charge in [-0.15, -0.1) is 0 Å². The van der Waals surface area contributed by atoms with Crippen molar-refractivity contribution in [2.75, 3.05) is 38.9 Å². The summed E-state index contributed by atoms with van der Waals surface area (Å²) in [6.45, 7) is 5.10. The fourth-order valence-electron chi connectivity index (χ4n) is 3.85. The van der Waals surface area contributed by atoms with E-state index in [0.717, 1.165) is 32.5 Å². The molecule has 0 unspecified atom stereocenters. The van der Waals surface area contributed by atoms with Crippen LogP contribution in [0.3, 0.4) is 0 Å². The Morgan fingerprint density at radius 1 is 1.29 bits per heavy atom. The number of hydrogen-bond donors (Lipinski definition) is 1. The number of ether oxygens (including phenoxy) is 3. The molecule has 0 spiro atoms. The summed E-state index contributed by atoms with van der Waals surface area (Å²) in [6, 6.07) is 7.71. The first kappa shape index (κ1) is 18.8. The second-order valence-electron chi connectivity index (χ2n) is 7.25. The average Bonchev–Trinajstić information content (AvgIpc) is 3.37. The lowest BCUT2D eigenvalue weighted by Gasteiger charge is -2.36. The minimum Gasteiger partial charge on any atom is -0.454 e. The van der Waals surface area contributed by atoms with Crippen LogP contribution in [0.15, 0.2) is 30.5 Å². The Bertz CT molecular complexity index is 829. The van der Waals surface area contributed by atoms with Gasteiger partial charge in [0.25, 0.3) is 5.91 Å². The summed E-state index contributed by atoms with van der Waals surface area (Å²) in [5.74, 6) is 1.78. The average molecular weight is 386 g/mol. The second-order valence-corrected chi connectivity index (χ2v) is 7.25. The number of nitrogens with one attached hydrogen (secondary N) is 1. The van der Waals surface area contributed by atoms with Gasteiger partial charge in [-0.25, -0.2) is 4.68 Å². The van der Waals surface area contributed by atoms with Crippen LogP contribution in [0, 0.1) is 0 Å². The number of anilines is 1. The molecule has 1 amide bonds. The predicted octanol–water partition coefficient (Wildman–Crippen LogP) is 2.54. The van der Waals surface area contributed by atoms with E-state index in [1.807, 2.05) is 10.7 Å². The molecule has 150 valence electrons. The summed E-state index contributed by atoms with van der Waals surface area (Å²) in [4.78, 5) is 15.1. The fraction of sp³-hybridized carbons (Fsp3) is 0.500. The van der Waals surface area contributed by atoms with Crippen molar-refractivity contribution in [1.82, 2.24) is 14.7 Å². The number of carbonyl (C=O) groups excluding carboxylic acids is 1. The van der Waals surface area contributed by atoms with E-state index in [1.165, 1.54) is 0 Å². The molecule has 28 heavy (non-hydrogen) atoms. The third kappa shape index (κ3) is 3.83. The molecular formula is C20H26N4O4. The number of fused-ring (bicyclic) bond motifs is 1. The molecule has 1 aromatic heterocycles. The zero-order valence-electron chi connectivity index (χ0n) is 16.3. The van der Waals surface area contributed by atoms with Crippen LogP contribution >= 0.6 is 0 Å². The zero-order chi connectivity index (χ0) is 19.5. The molecule has 2 aromatic rings. The molecule has 0 aliphatic carbocycles. The molecule has 1 atom stereocenters. The first-order chi connectivity index (χ1) is 13.7. The molecule has 8 heteroatoms. The van der Waals surface area contributed by atoms with E-state index in [2.05, 4.69) is 22.2 Å². The highest BCUT2D eigenvalue weighted by atomic mass is 16.7. The van der Waals surface area contributed by atoms with Crippen LogP contribution in [-0.4, -0.2) is 60.2 Å². The minimum atomic E-state index is -0.189. The van der Waals surface area contributed by atoms with Crippen LogP contribution in [0.5, 0.6) is 11.5 Å². The van der Waals surface area contributed by atoms with Crippen LogP contribution < -0.4 is 14.8 Å². The van der Waals surface area contributed by atoms with Gasteiger partial charge in [-0.1, -0.05) is 0 Å². The third-order valence-corrected chi connectivity index (χ3v) is 5.42. The summed E-state index contributed by atoms with van der Waals surface area (Å²) < 4.78 is 17.9. The molecule has 1 fully saturated rings. The molecule has 1 saturated heterocycles. The topological polar surface area (TPSA) is 77.9 Å². The molecule has 1 N–H and O–H groups in total. The van der Waals surface area contributed by atoms with E-state index < -0.39 is 0 Å². The summed E-state index contributed by atoms with van der Waals surface area (Å²) >= 11 is 0. The Morgan fingerprint density at radius 2 is 2.07 bits per heavy atom. The summed E-state index contributed by atoms with van der Waals surface area (Å²) in [5, 5.41) is 7.45. The number of carbonyl (C=O) groups is 1. The molecule has 0 bridgehead atoms. The zero-order valence-corrected chi connectivity index (χ0v) is 16.3. The Kier molecular flexibility index (Phi) is 5.50. The molecule has 4 rings (SSSR count). The minimum absolute atomic E-state index is 0.189. The van der Waals surface area contributed by atoms with Crippen LogP contribution in [0.1, 0.15) is 36.2 Å². The van der Waals surface area contributed by atoms with Gasteiger partial charge in [-0.3, -0.25) is 9.69 Å². The van der Waals surface area contributed by atoms with Crippen LogP contribution in [0.4, 0.5) is 5.82 Å². The number of aromatic nitrogens is 2. The van der Waals surface area contributed by atoms with Crippen molar-refractivity contribution in [3.05, 3.63) is 36.0 Å². The molecule has 3 heterocycles. The Labute approximate surface area is 164 Å². The van der Waals surface area contributed by atoms with Gasteiger partial charge in [0.05, 0.1) is 18.8 Å². The summed E-state index contributed by atoms with van der Waals surface area (Å²) in [5.41, 5.74) is 0.528. The smallest absolute Gasteiger partial charge is 0.256 e. The van der Waals surface area contributed by atoms with Gasteiger partial charge < -0.3 is 19.5 Å². The van der Waals surface area contributed by atoms with Gasteiger partial charge in [0, 0.05) is 37.9 Å². The summed E-state index contributed by atoms with van der Waals surface area (Å²) in [6.07, 6.45) is 3.71.